The van der Waals surface area contributed by atoms with Crippen LogP contribution in [0.1, 0.15) is 36.8 Å². The third-order valence-corrected chi connectivity index (χ3v) is 6.66. The number of aromatic hydroxyl groups is 1. The highest BCUT2D eigenvalue weighted by Crippen LogP contribution is 2.49. The minimum absolute atomic E-state index is 0.106. The van der Waals surface area contributed by atoms with Crippen LogP contribution in [0, 0.1) is 24.7 Å². The molecule has 0 bridgehead atoms. The summed E-state index contributed by atoms with van der Waals surface area (Å²) in [5, 5.41) is 9.35. The Kier molecular flexibility index (Phi) is 6.59. The quantitative estimate of drug-likeness (QED) is 0.648. The second-order valence-corrected chi connectivity index (χ2v) is 8.70. The molecule has 0 amide bonds. The number of aromatic nitrogens is 2. The highest BCUT2D eigenvalue weighted by molar-refractivity contribution is 5.73. The summed E-state index contributed by atoms with van der Waals surface area (Å²) in [6, 6.07) is 5.90. The number of esters is 1. The average molecular weight is 426 g/mol. The zero-order chi connectivity index (χ0) is 21.8. The molecule has 2 atom stereocenters. The van der Waals surface area contributed by atoms with Gasteiger partial charge in [0.05, 0.1) is 32.5 Å². The van der Waals surface area contributed by atoms with Gasteiger partial charge in [0.2, 0.25) is 5.95 Å². The predicted octanol–water partition coefficient (Wildman–Crippen LogP) is 3.53. The Hall–Kier alpha value is -2.83. The van der Waals surface area contributed by atoms with Gasteiger partial charge in [-0.25, -0.2) is 9.97 Å². The lowest BCUT2D eigenvalue weighted by molar-refractivity contribution is -0.139. The van der Waals surface area contributed by atoms with Crippen molar-refractivity contribution in [2.24, 2.45) is 17.8 Å². The maximum Gasteiger partial charge on any atom is 0.309 e. The molecule has 2 aromatic rings. The van der Waals surface area contributed by atoms with Crippen LogP contribution in [0.4, 0.5) is 5.95 Å². The summed E-state index contributed by atoms with van der Waals surface area (Å²) in [6.45, 7) is 4.69. The number of carbonyl (C=O) groups excluding carboxylic acids is 1. The Morgan fingerprint density at radius 1 is 1.23 bits per heavy atom. The van der Waals surface area contributed by atoms with E-state index in [2.05, 4.69) is 14.9 Å². The minimum Gasteiger partial charge on any atom is -0.505 e. The molecule has 1 saturated carbocycles. The lowest BCUT2D eigenvalue weighted by Crippen LogP contribution is -2.35. The molecule has 1 aromatic heterocycles. The van der Waals surface area contributed by atoms with Crippen molar-refractivity contribution in [3.63, 3.8) is 0 Å². The zero-order valence-corrected chi connectivity index (χ0v) is 18.3. The molecule has 166 valence electrons. The normalized spacial score (nSPS) is 21.0. The topological polar surface area (TPSA) is 84.8 Å². The van der Waals surface area contributed by atoms with E-state index < -0.39 is 0 Å². The lowest BCUT2D eigenvalue weighted by atomic mass is 9.90. The van der Waals surface area contributed by atoms with E-state index in [4.69, 9.17) is 9.47 Å². The first-order chi connectivity index (χ1) is 15.0. The van der Waals surface area contributed by atoms with Crippen LogP contribution in [0.25, 0.3) is 0 Å². The highest BCUT2D eigenvalue weighted by Gasteiger charge is 2.43. The smallest absolute Gasteiger partial charge is 0.309 e. The van der Waals surface area contributed by atoms with Gasteiger partial charge in [0, 0.05) is 13.1 Å². The highest BCUT2D eigenvalue weighted by atomic mass is 16.5. The number of ether oxygens (including phenoxy) is 2. The van der Waals surface area contributed by atoms with Crippen molar-refractivity contribution in [2.45, 2.75) is 39.0 Å². The van der Waals surface area contributed by atoms with Crippen LogP contribution in [-0.4, -0.2) is 47.8 Å². The molecule has 2 fully saturated rings. The van der Waals surface area contributed by atoms with E-state index in [-0.39, 0.29) is 11.7 Å². The van der Waals surface area contributed by atoms with Crippen LogP contribution in [-0.2, 0) is 16.0 Å². The maximum atomic E-state index is 11.5. The molecular formula is C24H31N3O4. The van der Waals surface area contributed by atoms with Gasteiger partial charge in [-0.05, 0) is 73.6 Å². The van der Waals surface area contributed by atoms with Gasteiger partial charge in [-0.1, -0.05) is 6.07 Å². The van der Waals surface area contributed by atoms with E-state index in [1.54, 1.807) is 0 Å². The van der Waals surface area contributed by atoms with E-state index in [0.29, 0.717) is 12.4 Å². The van der Waals surface area contributed by atoms with E-state index in [1.807, 2.05) is 25.1 Å². The van der Waals surface area contributed by atoms with E-state index in [9.17, 15) is 9.90 Å². The van der Waals surface area contributed by atoms with Crippen molar-refractivity contribution in [1.29, 1.82) is 0 Å². The molecule has 7 nitrogen and oxygen atoms in total. The number of benzene rings is 1. The molecule has 1 saturated heterocycles. The molecule has 2 heterocycles. The number of carbonyl (C=O) groups is 1. The molecule has 1 aromatic carbocycles. The Balaban J connectivity index is 1.17. The Bertz CT molecular complexity index is 894. The van der Waals surface area contributed by atoms with E-state index >= 15 is 0 Å². The van der Waals surface area contributed by atoms with Gasteiger partial charge < -0.3 is 19.5 Å². The fraction of sp³-hybridized carbons (Fsp3) is 0.542. The van der Waals surface area contributed by atoms with Crippen molar-refractivity contribution in [1.82, 2.24) is 9.97 Å². The molecule has 0 radical (unpaired) electrons. The van der Waals surface area contributed by atoms with Gasteiger partial charge >= 0.3 is 5.97 Å². The van der Waals surface area contributed by atoms with E-state index in [1.165, 1.54) is 38.8 Å². The van der Waals surface area contributed by atoms with Crippen LogP contribution < -0.4 is 9.64 Å². The first-order valence-electron chi connectivity index (χ1n) is 11.1. The summed E-state index contributed by atoms with van der Waals surface area (Å²) in [7, 11) is 1.41. The van der Waals surface area contributed by atoms with Crippen molar-refractivity contribution >= 4 is 11.9 Å². The Morgan fingerprint density at radius 2 is 1.97 bits per heavy atom. The zero-order valence-electron chi connectivity index (χ0n) is 18.3. The Morgan fingerprint density at radius 3 is 2.65 bits per heavy atom. The number of hydrogen-bond acceptors (Lipinski definition) is 7. The molecule has 2 unspecified atom stereocenters. The second kappa shape index (κ2) is 9.54. The summed E-state index contributed by atoms with van der Waals surface area (Å²) in [5.41, 5.74) is 2.03. The third kappa shape index (κ3) is 5.46. The summed E-state index contributed by atoms with van der Waals surface area (Å²) in [6.07, 6.45) is 7.96. The first kappa shape index (κ1) is 21.4. The first-order valence-corrected chi connectivity index (χ1v) is 11.1. The predicted molar refractivity (Wildman–Crippen MR) is 117 cm³/mol. The fourth-order valence-electron chi connectivity index (χ4n) is 4.70. The molecule has 1 N–H and O–H groups in total. The van der Waals surface area contributed by atoms with Gasteiger partial charge in [0.25, 0.3) is 0 Å². The van der Waals surface area contributed by atoms with Gasteiger partial charge in [0.15, 0.2) is 5.75 Å². The van der Waals surface area contributed by atoms with Crippen LogP contribution in [0.3, 0.4) is 0 Å². The molecule has 0 spiro atoms. The summed E-state index contributed by atoms with van der Waals surface area (Å²) in [4.78, 5) is 22.1. The number of piperidine rings is 1. The molecule has 4 rings (SSSR count). The van der Waals surface area contributed by atoms with Gasteiger partial charge in [-0.15, -0.1) is 0 Å². The number of nitrogens with zero attached hydrogens (tertiary/aromatic N) is 3. The molecule has 1 aliphatic carbocycles. The van der Waals surface area contributed by atoms with Crippen molar-refractivity contribution < 1.29 is 19.4 Å². The molecular weight excluding hydrogens is 394 g/mol. The number of anilines is 1. The summed E-state index contributed by atoms with van der Waals surface area (Å²) >= 11 is 0. The largest absolute Gasteiger partial charge is 0.505 e. The molecule has 7 heteroatoms. The minimum atomic E-state index is -0.224. The van der Waals surface area contributed by atoms with Crippen molar-refractivity contribution in [2.75, 3.05) is 31.7 Å². The lowest BCUT2D eigenvalue weighted by Gasteiger charge is -2.32. The Labute approximate surface area is 183 Å². The standard InChI is InChI=1S/C24H31N3O4/c1-16-11-21(4-3-18(16)13-23(29)30-2)31-10-7-19-12-22(19)17-5-8-27(9-6-17)24-25-14-20(28)15-26-24/h3-4,11,14-15,17,19,22,28H,5-10,12-13H2,1-2H3. The average Bonchev–Trinajstić information content (AvgIpc) is 3.56. The van der Waals surface area contributed by atoms with Gasteiger partial charge in [-0.2, -0.15) is 0 Å². The molecule has 2 aliphatic rings. The molecule has 1 aliphatic heterocycles. The number of aryl methyl sites for hydroxylation is 1. The maximum absolute atomic E-state index is 11.5. The van der Waals surface area contributed by atoms with Crippen LogP contribution in [0.5, 0.6) is 11.5 Å². The fourth-order valence-corrected chi connectivity index (χ4v) is 4.70. The van der Waals surface area contributed by atoms with Crippen LogP contribution in [0.2, 0.25) is 0 Å². The summed E-state index contributed by atoms with van der Waals surface area (Å²) < 4.78 is 10.7. The second-order valence-electron chi connectivity index (χ2n) is 8.70. The van der Waals surface area contributed by atoms with Crippen molar-refractivity contribution in [3.05, 3.63) is 41.7 Å². The monoisotopic (exact) mass is 425 g/mol. The van der Waals surface area contributed by atoms with Crippen molar-refractivity contribution in [3.8, 4) is 11.5 Å². The van der Waals surface area contributed by atoms with Gasteiger partial charge in [-0.3, -0.25) is 4.79 Å². The van der Waals surface area contributed by atoms with Crippen LogP contribution in [0.15, 0.2) is 30.6 Å². The van der Waals surface area contributed by atoms with Crippen LogP contribution >= 0.6 is 0 Å². The third-order valence-electron chi connectivity index (χ3n) is 6.66. The summed E-state index contributed by atoms with van der Waals surface area (Å²) in [5.74, 6) is 3.82. The number of hydrogen-bond donors (Lipinski definition) is 1. The number of methoxy groups -OCH3 is 1. The van der Waals surface area contributed by atoms with Gasteiger partial charge in [0.1, 0.15) is 5.75 Å². The number of rotatable bonds is 8. The molecule has 31 heavy (non-hydrogen) atoms. The van der Waals surface area contributed by atoms with E-state index in [0.717, 1.165) is 60.7 Å². The SMILES string of the molecule is COC(=O)Cc1ccc(OCCC2CC2C2CCN(c3ncc(O)cn3)CC2)cc1C.